The van der Waals surface area contributed by atoms with Gasteiger partial charge in [0.05, 0.1) is 10.2 Å². The maximum absolute atomic E-state index is 5.92. The predicted octanol–water partition coefficient (Wildman–Crippen LogP) is 5.35. The van der Waals surface area contributed by atoms with E-state index in [0.29, 0.717) is 21.7 Å². The Kier molecular flexibility index (Phi) is 4.82. The SMILES string of the molecule is CC.Nc1cc(Cl)cc(Oc2nc3ccccc3s2)c1. The number of anilines is 1. The van der Waals surface area contributed by atoms with Gasteiger partial charge in [0.15, 0.2) is 0 Å². The van der Waals surface area contributed by atoms with E-state index < -0.39 is 0 Å². The van der Waals surface area contributed by atoms with Gasteiger partial charge in [-0.15, -0.1) is 0 Å². The zero-order chi connectivity index (χ0) is 14.5. The number of para-hydroxylation sites is 1. The van der Waals surface area contributed by atoms with Gasteiger partial charge in [-0.2, -0.15) is 0 Å². The summed E-state index contributed by atoms with van der Waals surface area (Å²) < 4.78 is 6.75. The molecule has 0 aliphatic heterocycles. The molecule has 20 heavy (non-hydrogen) atoms. The molecule has 0 aliphatic carbocycles. The van der Waals surface area contributed by atoms with Crippen molar-refractivity contribution in [1.29, 1.82) is 0 Å². The molecule has 1 heterocycles. The normalized spacial score (nSPS) is 9.95. The summed E-state index contributed by atoms with van der Waals surface area (Å²) in [5.74, 6) is 0.596. The van der Waals surface area contributed by atoms with E-state index in [2.05, 4.69) is 4.98 Å². The number of nitrogen functional groups attached to an aromatic ring is 1. The molecule has 0 fully saturated rings. The van der Waals surface area contributed by atoms with Gasteiger partial charge >= 0.3 is 0 Å². The van der Waals surface area contributed by atoms with Crippen LogP contribution in [0.3, 0.4) is 0 Å². The third-order valence-electron chi connectivity index (χ3n) is 2.37. The molecule has 0 spiro atoms. The lowest BCUT2D eigenvalue weighted by atomic mass is 10.3. The summed E-state index contributed by atoms with van der Waals surface area (Å²) in [4.78, 5) is 4.38. The molecule has 5 heteroatoms. The Morgan fingerprint density at radius 2 is 1.90 bits per heavy atom. The molecule has 3 rings (SSSR count). The van der Waals surface area contributed by atoms with Gasteiger partial charge in [0, 0.05) is 16.8 Å². The largest absolute Gasteiger partial charge is 0.431 e. The molecule has 0 aliphatic rings. The number of hydrogen-bond donors (Lipinski definition) is 1. The lowest BCUT2D eigenvalue weighted by molar-refractivity contribution is 0.480. The molecule has 0 saturated carbocycles. The molecule has 3 aromatic rings. The van der Waals surface area contributed by atoms with Crippen LogP contribution in [-0.2, 0) is 0 Å². The van der Waals surface area contributed by atoms with E-state index in [1.807, 2.05) is 38.1 Å². The fourth-order valence-corrected chi connectivity index (χ4v) is 2.71. The first-order valence-corrected chi connectivity index (χ1v) is 7.50. The van der Waals surface area contributed by atoms with Crippen LogP contribution in [0.25, 0.3) is 10.2 Å². The summed E-state index contributed by atoms with van der Waals surface area (Å²) >= 11 is 7.40. The van der Waals surface area contributed by atoms with E-state index in [0.717, 1.165) is 10.2 Å². The molecule has 3 nitrogen and oxygen atoms in total. The first-order valence-electron chi connectivity index (χ1n) is 6.30. The van der Waals surface area contributed by atoms with Crippen molar-refractivity contribution < 1.29 is 4.74 Å². The molecule has 0 amide bonds. The molecule has 1 aromatic heterocycles. The average Bonchev–Trinajstić information content (AvgIpc) is 2.81. The number of thiazole rings is 1. The number of rotatable bonds is 2. The number of nitrogens with two attached hydrogens (primary N) is 1. The highest BCUT2D eigenvalue weighted by Gasteiger charge is 2.06. The smallest absolute Gasteiger partial charge is 0.279 e. The van der Waals surface area contributed by atoms with Crippen molar-refractivity contribution >= 4 is 38.8 Å². The Morgan fingerprint density at radius 3 is 2.60 bits per heavy atom. The molecule has 0 saturated heterocycles. The van der Waals surface area contributed by atoms with Crippen LogP contribution in [-0.4, -0.2) is 4.98 Å². The van der Waals surface area contributed by atoms with Crippen molar-refractivity contribution in [1.82, 2.24) is 4.98 Å². The number of hydrogen-bond acceptors (Lipinski definition) is 4. The number of fused-ring (bicyclic) bond motifs is 1. The molecule has 104 valence electrons. The van der Waals surface area contributed by atoms with Crippen molar-refractivity contribution in [2.24, 2.45) is 0 Å². The van der Waals surface area contributed by atoms with Gasteiger partial charge in [-0.1, -0.05) is 48.9 Å². The minimum absolute atomic E-state index is 0.547. The van der Waals surface area contributed by atoms with Gasteiger partial charge in [-0.3, -0.25) is 0 Å². The first kappa shape index (κ1) is 14.6. The number of nitrogens with zero attached hydrogens (tertiary/aromatic N) is 1. The minimum atomic E-state index is 0.547. The number of ether oxygens (including phenoxy) is 1. The van der Waals surface area contributed by atoms with Crippen LogP contribution < -0.4 is 10.5 Å². The minimum Gasteiger partial charge on any atom is -0.431 e. The Balaban J connectivity index is 0.000000704. The van der Waals surface area contributed by atoms with Crippen molar-refractivity contribution in [3.05, 3.63) is 47.5 Å². The zero-order valence-corrected chi connectivity index (χ0v) is 12.8. The van der Waals surface area contributed by atoms with Crippen LogP contribution >= 0.6 is 22.9 Å². The molecule has 0 atom stereocenters. The van der Waals surface area contributed by atoms with E-state index in [4.69, 9.17) is 22.1 Å². The molecule has 2 N–H and O–H groups in total. The molecule has 2 aromatic carbocycles. The maximum atomic E-state index is 5.92. The van der Waals surface area contributed by atoms with Crippen molar-refractivity contribution in [3.8, 4) is 10.9 Å². The summed E-state index contributed by atoms with van der Waals surface area (Å²) in [6.45, 7) is 4.00. The highest BCUT2D eigenvalue weighted by molar-refractivity contribution is 7.20. The second-order valence-corrected chi connectivity index (χ2v) is 5.20. The van der Waals surface area contributed by atoms with Crippen LogP contribution in [0.5, 0.6) is 10.9 Å². The van der Waals surface area contributed by atoms with E-state index >= 15 is 0 Å². The molecular weight excluding hydrogens is 292 g/mol. The van der Waals surface area contributed by atoms with E-state index in [9.17, 15) is 0 Å². The molecule has 0 radical (unpaired) electrons. The topological polar surface area (TPSA) is 48.1 Å². The van der Waals surface area contributed by atoms with Crippen LogP contribution in [0.15, 0.2) is 42.5 Å². The summed E-state index contributed by atoms with van der Waals surface area (Å²) in [5.41, 5.74) is 7.20. The molecule has 0 bridgehead atoms. The lowest BCUT2D eigenvalue weighted by Crippen LogP contribution is -1.87. The van der Waals surface area contributed by atoms with Crippen molar-refractivity contribution in [2.75, 3.05) is 5.73 Å². The summed E-state index contributed by atoms with van der Waals surface area (Å²) in [5, 5.41) is 1.13. The summed E-state index contributed by atoms with van der Waals surface area (Å²) in [6, 6.07) is 13.0. The number of halogens is 1. The average molecular weight is 307 g/mol. The van der Waals surface area contributed by atoms with Gasteiger partial charge in [0.2, 0.25) is 0 Å². The highest BCUT2D eigenvalue weighted by atomic mass is 35.5. The Bertz CT molecular complexity index is 659. The fourth-order valence-electron chi connectivity index (χ4n) is 1.64. The van der Waals surface area contributed by atoms with Gasteiger partial charge in [-0.05, 0) is 24.3 Å². The lowest BCUT2D eigenvalue weighted by Gasteiger charge is -2.03. The Labute approximate surface area is 127 Å². The highest BCUT2D eigenvalue weighted by Crippen LogP contribution is 2.32. The maximum Gasteiger partial charge on any atom is 0.279 e. The van der Waals surface area contributed by atoms with E-state index in [1.54, 1.807) is 18.2 Å². The molecule has 0 unspecified atom stereocenters. The van der Waals surface area contributed by atoms with Crippen LogP contribution in [0.2, 0.25) is 5.02 Å². The standard InChI is InChI=1S/C13H9ClN2OS.C2H6/c14-8-5-9(15)7-10(6-8)17-13-16-11-3-1-2-4-12(11)18-13;1-2/h1-7H,15H2;1-2H3. The second-order valence-electron chi connectivity index (χ2n) is 3.77. The zero-order valence-electron chi connectivity index (χ0n) is 11.3. The van der Waals surface area contributed by atoms with Gasteiger partial charge in [0.25, 0.3) is 5.19 Å². The van der Waals surface area contributed by atoms with Crippen molar-refractivity contribution in [3.63, 3.8) is 0 Å². The third-order valence-corrected chi connectivity index (χ3v) is 3.51. The monoisotopic (exact) mass is 306 g/mol. The van der Waals surface area contributed by atoms with Gasteiger partial charge < -0.3 is 10.5 Å². The van der Waals surface area contributed by atoms with E-state index in [1.165, 1.54) is 11.3 Å². The van der Waals surface area contributed by atoms with Gasteiger partial charge in [-0.25, -0.2) is 4.98 Å². The number of benzene rings is 2. The second kappa shape index (κ2) is 6.59. The van der Waals surface area contributed by atoms with Crippen molar-refractivity contribution in [2.45, 2.75) is 13.8 Å². The van der Waals surface area contributed by atoms with Crippen LogP contribution in [0, 0.1) is 0 Å². The number of aromatic nitrogens is 1. The summed E-state index contributed by atoms with van der Waals surface area (Å²) in [6.07, 6.45) is 0. The first-order chi connectivity index (χ1) is 9.70. The molecular formula is C15H15ClN2OS. The van der Waals surface area contributed by atoms with Gasteiger partial charge in [0.1, 0.15) is 5.75 Å². The Morgan fingerprint density at radius 1 is 1.15 bits per heavy atom. The Hall–Kier alpha value is -1.78. The van der Waals surface area contributed by atoms with Crippen LogP contribution in [0.4, 0.5) is 5.69 Å². The fraction of sp³-hybridized carbons (Fsp3) is 0.133. The van der Waals surface area contributed by atoms with E-state index in [-0.39, 0.29) is 0 Å². The summed E-state index contributed by atoms with van der Waals surface area (Å²) in [7, 11) is 0. The van der Waals surface area contributed by atoms with Crippen LogP contribution in [0.1, 0.15) is 13.8 Å². The quantitative estimate of drug-likeness (QED) is 0.649. The predicted molar refractivity (Wildman–Crippen MR) is 86.9 cm³/mol. The third kappa shape index (κ3) is 3.40.